The molecule has 5 rings (SSSR count). The maximum atomic E-state index is 5.75. The molecule has 2 N–H and O–H groups in total. The summed E-state index contributed by atoms with van der Waals surface area (Å²) in [6.45, 7) is 0. The standard InChI is InChI=1S/C14H20N2S/c15-13-16-8-12(17-13)7-14-4-9-1-10(5-14)3-11(2-9)6-14/h8-11H,1-7H2,(H2,15,16). The number of nitrogen functional groups attached to an aromatic ring is 1. The minimum atomic E-state index is 0.633. The summed E-state index contributed by atoms with van der Waals surface area (Å²) in [6, 6.07) is 0. The predicted molar refractivity (Wildman–Crippen MR) is 70.8 cm³/mol. The van der Waals surface area contributed by atoms with Gasteiger partial charge in [0.25, 0.3) is 0 Å². The molecule has 0 aromatic carbocycles. The third kappa shape index (κ3) is 1.70. The van der Waals surface area contributed by atoms with Crippen molar-refractivity contribution < 1.29 is 0 Å². The Balaban J connectivity index is 1.60. The molecule has 1 aromatic heterocycles. The van der Waals surface area contributed by atoms with Gasteiger partial charge in [0.1, 0.15) is 0 Å². The van der Waals surface area contributed by atoms with Gasteiger partial charge in [-0.15, -0.1) is 11.3 Å². The van der Waals surface area contributed by atoms with E-state index in [0.717, 1.165) is 22.9 Å². The molecule has 0 saturated heterocycles. The number of nitrogens with two attached hydrogens (primary N) is 1. The van der Waals surface area contributed by atoms with Gasteiger partial charge in [0.15, 0.2) is 5.13 Å². The lowest BCUT2D eigenvalue weighted by atomic mass is 9.49. The van der Waals surface area contributed by atoms with Crippen LogP contribution in [-0.2, 0) is 6.42 Å². The Bertz CT molecular complexity index is 402. The quantitative estimate of drug-likeness (QED) is 0.870. The van der Waals surface area contributed by atoms with Crippen molar-refractivity contribution in [1.82, 2.24) is 4.98 Å². The van der Waals surface area contributed by atoms with Gasteiger partial charge in [0, 0.05) is 11.1 Å². The lowest BCUT2D eigenvalue weighted by Gasteiger charge is -2.57. The first-order valence-corrected chi connectivity index (χ1v) is 7.73. The van der Waals surface area contributed by atoms with Crippen LogP contribution in [0.5, 0.6) is 0 Å². The van der Waals surface area contributed by atoms with Crippen molar-refractivity contribution in [2.24, 2.45) is 23.2 Å². The van der Waals surface area contributed by atoms with E-state index in [1.165, 1.54) is 49.8 Å². The van der Waals surface area contributed by atoms with Crippen LogP contribution >= 0.6 is 11.3 Å². The third-order valence-corrected chi connectivity index (χ3v) is 6.11. The van der Waals surface area contributed by atoms with E-state index < -0.39 is 0 Å². The summed E-state index contributed by atoms with van der Waals surface area (Å²) in [6.07, 6.45) is 12.3. The first-order chi connectivity index (χ1) is 8.21. The molecule has 17 heavy (non-hydrogen) atoms. The average molecular weight is 248 g/mol. The topological polar surface area (TPSA) is 38.9 Å². The van der Waals surface area contributed by atoms with Gasteiger partial charge in [-0.05, 0) is 68.1 Å². The second-order valence-corrected chi connectivity index (χ2v) is 7.91. The zero-order chi connectivity index (χ0) is 11.5. The van der Waals surface area contributed by atoms with Crippen LogP contribution in [0.1, 0.15) is 43.4 Å². The molecule has 92 valence electrons. The minimum absolute atomic E-state index is 0.633. The van der Waals surface area contributed by atoms with Crippen molar-refractivity contribution >= 4 is 16.5 Å². The monoisotopic (exact) mass is 248 g/mol. The highest BCUT2D eigenvalue weighted by Crippen LogP contribution is 2.61. The van der Waals surface area contributed by atoms with E-state index >= 15 is 0 Å². The van der Waals surface area contributed by atoms with Crippen LogP contribution < -0.4 is 5.73 Å². The van der Waals surface area contributed by atoms with Gasteiger partial charge >= 0.3 is 0 Å². The van der Waals surface area contributed by atoms with E-state index in [4.69, 9.17) is 5.73 Å². The molecule has 0 radical (unpaired) electrons. The van der Waals surface area contributed by atoms with Gasteiger partial charge in [-0.1, -0.05) is 0 Å². The molecule has 4 fully saturated rings. The molecular weight excluding hydrogens is 228 g/mol. The molecule has 4 saturated carbocycles. The molecule has 0 unspecified atom stereocenters. The summed E-state index contributed by atoms with van der Waals surface area (Å²) in [4.78, 5) is 5.63. The number of nitrogens with zero attached hydrogens (tertiary/aromatic N) is 1. The number of rotatable bonds is 2. The van der Waals surface area contributed by atoms with Gasteiger partial charge < -0.3 is 5.73 Å². The molecule has 3 heteroatoms. The molecule has 1 heterocycles. The van der Waals surface area contributed by atoms with Crippen molar-refractivity contribution in [2.45, 2.75) is 44.9 Å². The first kappa shape index (κ1) is 10.4. The van der Waals surface area contributed by atoms with E-state index in [2.05, 4.69) is 4.98 Å². The second-order valence-electron chi connectivity index (χ2n) is 6.76. The van der Waals surface area contributed by atoms with Crippen molar-refractivity contribution in [3.8, 4) is 0 Å². The Morgan fingerprint density at radius 1 is 1.18 bits per heavy atom. The highest BCUT2D eigenvalue weighted by atomic mass is 32.1. The Morgan fingerprint density at radius 2 is 1.76 bits per heavy atom. The highest BCUT2D eigenvalue weighted by Gasteiger charge is 2.50. The van der Waals surface area contributed by atoms with E-state index in [0.29, 0.717) is 5.41 Å². The summed E-state index contributed by atoms with van der Waals surface area (Å²) in [5.41, 5.74) is 6.39. The van der Waals surface area contributed by atoms with E-state index in [1.807, 2.05) is 6.20 Å². The number of anilines is 1. The zero-order valence-corrected chi connectivity index (χ0v) is 11.0. The summed E-state index contributed by atoms with van der Waals surface area (Å²) in [7, 11) is 0. The Kier molecular flexibility index (Phi) is 2.11. The van der Waals surface area contributed by atoms with Crippen molar-refractivity contribution in [3.63, 3.8) is 0 Å². The van der Waals surface area contributed by atoms with Crippen LogP contribution in [0, 0.1) is 23.2 Å². The van der Waals surface area contributed by atoms with Crippen LogP contribution in [0.4, 0.5) is 5.13 Å². The van der Waals surface area contributed by atoms with Gasteiger partial charge in [-0.3, -0.25) is 0 Å². The van der Waals surface area contributed by atoms with Crippen LogP contribution in [0.3, 0.4) is 0 Å². The maximum absolute atomic E-state index is 5.75. The molecule has 0 amide bonds. The minimum Gasteiger partial charge on any atom is -0.375 e. The second kappa shape index (κ2) is 3.47. The van der Waals surface area contributed by atoms with Crippen LogP contribution in [0.15, 0.2) is 6.20 Å². The fourth-order valence-electron chi connectivity index (χ4n) is 5.28. The largest absolute Gasteiger partial charge is 0.375 e. The molecular formula is C14H20N2S. The number of thiazole rings is 1. The Morgan fingerprint density at radius 3 is 2.24 bits per heavy atom. The predicted octanol–water partition coefficient (Wildman–Crippen LogP) is 3.48. The molecule has 0 spiro atoms. The molecule has 4 aliphatic rings. The van der Waals surface area contributed by atoms with Crippen LogP contribution in [-0.4, -0.2) is 4.98 Å². The van der Waals surface area contributed by atoms with E-state index in [-0.39, 0.29) is 0 Å². The summed E-state index contributed by atoms with van der Waals surface area (Å²) in [5.74, 6) is 3.14. The van der Waals surface area contributed by atoms with Gasteiger partial charge in [0.2, 0.25) is 0 Å². The molecule has 1 aromatic rings. The number of hydrogen-bond donors (Lipinski definition) is 1. The lowest BCUT2D eigenvalue weighted by molar-refractivity contribution is -0.0517. The maximum Gasteiger partial charge on any atom is 0.180 e. The Hall–Kier alpha value is -0.570. The van der Waals surface area contributed by atoms with Gasteiger partial charge in [-0.25, -0.2) is 4.98 Å². The summed E-state index contributed by atoms with van der Waals surface area (Å²) < 4.78 is 0. The summed E-state index contributed by atoms with van der Waals surface area (Å²) in [5, 5.41) is 0.740. The third-order valence-electron chi connectivity index (χ3n) is 5.29. The van der Waals surface area contributed by atoms with Crippen molar-refractivity contribution in [2.75, 3.05) is 5.73 Å². The van der Waals surface area contributed by atoms with E-state index in [1.54, 1.807) is 11.3 Å². The van der Waals surface area contributed by atoms with Gasteiger partial charge in [0.05, 0.1) is 0 Å². The van der Waals surface area contributed by atoms with Gasteiger partial charge in [-0.2, -0.15) is 0 Å². The SMILES string of the molecule is Nc1ncc(CC23CC4CC(CC(C4)C2)C3)s1. The highest BCUT2D eigenvalue weighted by molar-refractivity contribution is 7.15. The van der Waals surface area contributed by atoms with E-state index in [9.17, 15) is 0 Å². The smallest absolute Gasteiger partial charge is 0.180 e. The zero-order valence-electron chi connectivity index (χ0n) is 10.2. The number of aromatic nitrogens is 1. The number of hydrogen-bond acceptors (Lipinski definition) is 3. The molecule has 4 aliphatic carbocycles. The first-order valence-electron chi connectivity index (χ1n) is 6.91. The molecule has 4 bridgehead atoms. The van der Waals surface area contributed by atoms with Crippen LogP contribution in [0.25, 0.3) is 0 Å². The normalized spacial score (nSPS) is 43.2. The summed E-state index contributed by atoms with van der Waals surface area (Å²) >= 11 is 1.70. The fraction of sp³-hybridized carbons (Fsp3) is 0.786. The Labute approximate surface area is 107 Å². The molecule has 0 aliphatic heterocycles. The van der Waals surface area contributed by atoms with Crippen LogP contribution in [0.2, 0.25) is 0 Å². The van der Waals surface area contributed by atoms with Crippen molar-refractivity contribution in [3.05, 3.63) is 11.1 Å². The fourth-order valence-corrected chi connectivity index (χ4v) is 6.14. The molecule has 0 atom stereocenters. The van der Waals surface area contributed by atoms with Crippen molar-refractivity contribution in [1.29, 1.82) is 0 Å². The average Bonchev–Trinajstić information content (AvgIpc) is 2.60. The molecule has 2 nitrogen and oxygen atoms in total. The lowest BCUT2D eigenvalue weighted by Crippen LogP contribution is -2.46.